The minimum absolute atomic E-state index is 0.604. The van der Waals surface area contributed by atoms with Gasteiger partial charge in [0.1, 0.15) is 18.0 Å². The van der Waals surface area contributed by atoms with Gasteiger partial charge in [-0.3, -0.25) is 0 Å². The first-order valence-corrected chi connectivity index (χ1v) is 8.24. The van der Waals surface area contributed by atoms with Crippen LogP contribution in [0.3, 0.4) is 0 Å². The summed E-state index contributed by atoms with van der Waals surface area (Å²) in [5, 5.41) is 7.99. The van der Waals surface area contributed by atoms with Crippen molar-refractivity contribution in [1.29, 1.82) is 0 Å². The Hall–Kier alpha value is -2.30. The van der Waals surface area contributed by atoms with Crippen molar-refractivity contribution < 1.29 is 0 Å². The third-order valence-corrected chi connectivity index (χ3v) is 4.09. The van der Waals surface area contributed by atoms with E-state index in [1.807, 2.05) is 54.6 Å². The van der Waals surface area contributed by atoms with Gasteiger partial charge in [-0.25, -0.2) is 9.97 Å². The molecule has 2 aromatic carbocycles. The largest absolute Gasteiger partial charge is 0.366 e. The number of benzene rings is 2. The molecule has 0 unspecified atom stereocenters. The number of hydrogen-bond acceptors (Lipinski definition) is 4. The molecule has 0 saturated carbocycles. The van der Waals surface area contributed by atoms with E-state index in [2.05, 4.69) is 20.6 Å². The average molecular weight is 359 g/mol. The van der Waals surface area contributed by atoms with Gasteiger partial charge in [0.25, 0.3) is 0 Å². The second-order valence-corrected chi connectivity index (χ2v) is 6.06. The fraction of sp³-hybridized carbons (Fsp3) is 0.111. The summed E-state index contributed by atoms with van der Waals surface area (Å²) >= 11 is 12.0. The monoisotopic (exact) mass is 358 g/mol. The molecule has 4 nitrogen and oxygen atoms in total. The number of nitrogens with one attached hydrogen (secondary N) is 2. The highest BCUT2D eigenvalue weighted by Crippen LogP contribution is 2.17. The maximum atomic E-state index is 6.16. The van der Waals surface area contributed by atoms with Gasteiger partial charge in [0.2, 0.25) is 0 Å². The summed E-state index contributed by atoms with van der Waals surface area (Å²) in [7, 11) is 0. The summed E-state index contributed by atoms with van der Waals surface area (Å²) < 4.78 is 0. The fourth-order valence-electron chi connectivity index (χ4n) is 2.17. The lowest BCUT2D eigenvalue weighted by Crippen LogP contribution is -2.05. The molecule has 0 aliphatic carbocycles. The van der Waals surface area contributed by atoms with Crippen LogP contribution in [0.1, 0.15) is 11.1 Å². The highest BCUT2D eigenvalue weighted by atomic mass is 35.5. The molecule has 24 heavy (non-hydrogen) atoms. The lowest BCUT2D eigenvalue weighted by molar-refractivity contribution is 1.05. The quantitative estimate of drug-likeness (QED) is 0.650. The van der Waals surface area contributed by atoms with E-state index in [1.54, 1.807) is 0 Å². The normalized spacial score (nSPS) is 10.4. The molecule has 0 saturated heterocycles. The predicted molar refractivity (Wildman–Crippen MR) is 99.6 cm³/mol. The van der Waals surface area contributed by atoms with E-state index in [0.717, 1.165) is 32.8 Å². The van der Waals surface area contributed by atoms with Crippen molar-refractivity contribution in [2.75, 3.05) is 10.6 Å². The van der Waals surface area contributed by atoms with Gasteiger partial charge in [-0.2, -0.15) is 0 Å². The van der Waals surface area contributed by atoms with Crippen LogP contribution in [-0.2, 0) is 13.1 Å². The van der Waals surface area contributed by atoms with Gasteiger partial charge in [-0.15, -0.1) is 0 Å². The zero-order chi connectivity index (χ0) is 16.8. The lowest BCUT2D eigenvalue weighted by atomic mass is 10.2. The predicted octanol–water partition coefficient (Wildman–Crippen LogP) is 5.01. The smallest absolute Gasteiger partial charge is 0.131 e. The van der Waals surface area contributed by atoms with Crippen molar-refractivity contribution in [2.45, 2.75) is 13.1 Å². The standard InChI is InChI=1S/C18H16Cl2N4/c19-15-7-5-13(6-8-15)10-21-17-9-18(24-12-23-17)22-11-14-3-1-2-4-16(14)20/h1-9,12H,10-11H2,(H2,21,22,23,24). The van der Waals surface area contributed by atoms with E-state index in [0.29, 0.717) is 13.1 Å². The maximum Gasteiger partial charge on any atom is 0.131 e. The Balaban J connectivity index is 1.59. The summed E-state index contributed by atoms with van der Waals surface area (Å²) in [6.45, 7) is 1.27. The number of halogens is 2. The topological polar surface area (TPSA) is 49.8 Å². The van der Waals surface area contributed by atoms with Crippen LogP contribution in [0.4, 0.5) is 11.6 Å². The summed E-state index contributed by atoms with van der Waals surface area (Å²) in [5.74, 6) is 1.49. The number of rotatable bonds is 6. The van der Waals surface area contributed by atoms with Gasteiger partial charge >= 0.3 is 0 Å². The highest BCUT2D eigenvalue weighted by molar-refractivity contribution is 6.31. The van der Waals surface area contributed by atoms with Crippen LogP contribution < -0.4 is 10.6 Å². The molecular weight excluding hydrogens is 343 g/mol. The van der Waals surface area contributed by atoms with Crippen LogP contribution >= 0.6 is 23.2 Å². The van der Waals surface area contributed by atoms with Gasteiger partial charge in [-0.1, -0.05) is 53.5 Å². The summed E-state index contributed by atoms with van der Waals surface area (Å²) in [5.41, 5.74) is 2.15. The first-order chi connectivity index (χ1) is 11.7. The second kappa shape index (κ2) is 7.99. The third kappa shape index (κ3) is 4.60. The van der Waals surface area contributed by atoms with Gasteiger partial charge in [0.05, 0.1) is 0 Å². The van der Waals surface area contributed by atoms with E-state index >= 15 is 0 Å². The number of anilines is 2. The second-order valence-electron chi connectivity index (χ2n) is 5.21. The Labute approximate surface area is 150 Å². The highest BCUT2D eigenvalue weighted by Gasteiger charge is 2.02. The van der Waals surface area contributed by atoms with E-state index in [-0.39, 0.29) is 0 Å². The summed E-state index contributed by atoms with van der Waals surface area (Å²) in [6, 6.07) is 17.3. The molecule has 122 valence electrons. The van der Waals surface area contributed by atoms with E-state index in [1.165, 1.54) is 6.33 Å². The summed E-state index contributed by atoms with van der Waals surface area (Å²) in [6.07, 6.45) is 1.53. The minimum Gasteiger partial charge on any atom is -0.366 e. The molecule has 0 bridgehead atoms. The fourth-order valence-corrected chi connectivity index (χ4v) is 2.50. The molecule has 3 rings (SSSR count). The zero-order valence-electron chi connectivity index (χ0n) is 12.8. The van der Waals surface area contributed by atoms with Crippen LogP contribution in [-0.4, -0.2) is 9.97 Å². The average Bonchev–Trinajstić information content (AvgIpc) is 2.61. The third-order valence-electron chi connectivity index (χ3n) is 3.47. The number of hydrogen-bond donors (Lipinski definition) is 2. The Kier molecular flexibility index (Phi) is 5.51. The van der Waals surface area contributed by atoms with Gasteiger partial charge in [0.15, 0.2) is 0 Å². The lowest BCUT2D eigenvalue weighted by Gasteiger charge is -2.09. The maximum absolute atomic E-state index is 6.16. The minimum atomic E-state index is 0.604. The van der Waals surface area contributed by atoms with E-state index in [4.69, 9.17) is 23.2 Å². The molecule has 1 aromatic heterocycles. The number of nitrogens with zero attached hydrogens (tertiary/aromatic N) is 2. The zero-order valence-corrected chi connectivity index (χ0v) is 14.3. The van der Waals surface area contributed by atoms with Crippen LogP contribution in [0.5, 0.6) is 0 Å². The number of aromatic nitrogens is 2. The van der Waals surface area contributed by atoms with E-state index < -0.39 is 0 Å². The van der Waals surface area contributed by atoms with Crippen molar-refractivity contribution in [3.8, 4) is 0 Å². The van der Waals surface area contributed by atoms with Gasteiger partial charge < -0.3 is 10.6 Å². The Morgan fingerprint density at radius 3 is 2.17 bits per heavy atom. The molecule has 0 aliphatic rings. The van der Waals surface area contributed by atoms with Gasteiger partial charge in [-0.05, 0) is 29.3 Å². The van der Waals surface area contributed by atoms with Crippen molar-refractivity contribution in [2.24, 2.45) is 0 Å². The molecule has 0 radical (unpaired) electrons. The first-order valence-electron chi connectivity index (χ1n) is 7.48. The van der Waals surface area contributed by atoms with Crippen LogP contribution in [0, 0.1) is 0 Å². The van der Waals surface area contributed by atoms with Crippen LogP contribution in [0.2, 0.25) is 10.0 Å². The van der Waals surface area contributed by atoms with Crippen molar-refractivity contribution in [1.82, 2.24) is 9.97 Å². The molecule has 0 fully saturated rings. The van der Waals surface area contributed by atoms with Gasteiger partial charge in [0, 0.05) is 29.2 Å². The van der Waals surface area contributed by atoms with Crippen molar-refractivity contribution >= 4 is 34.8 Å². The SMILES string of the molecule is Clc1ccc(CNc2cc(NCc3ccccc3Cl)ncn2)cc1. The van der Waals surface area contributed by atoms with E-state index in [9.17, 15) is 0 Å². The van der Waals surface area contributed by atoms with Crippen molar-refractivity contribution in [3.05, 3.63) is 82.1 Å². The van der Waals surface area contributed by atoms with Crippen LogP contribution in [0.15, 0.2) is 60.9 Å². The molecule has 2 N–H and O–H groups in total. The molecule has 1 heterocycles. The van der Waals surface area contributed by atoms with Crippen molar-refractivity contribution in [3.63, 3.8) is 0 Å². The molecule has 3 aromatic rings. The molecule has 0 aliphatic heterocycles. The molecule has 0 amide bonds. The molecule has 0 atom stereocenters. The Morgan fingerprint density at radius 2 is 1.46 bits per heavy atom. The van der Waals surface area contributed by atoms with Crippen LogP contribution in [0.25, 0.3) is 0 Å². The molecular formula is C18H16Cl2N4. The Morgan fingerprint density at radius 1 is 0.792 bits per heavy atom. The first kappa shape index (κ1) is 16.6. The molecule has 0 spiro atoms. The summed E-state index contributed by atoms with van der Waals surface area (Å²) in [4.78, 5) is 8.46. The Bertz CT molecular complexity index is 806. The molecule has 6 heteroatoms.